The van der Waals surface area contributed by atoms with Crippen molar-refractivity contribution >= 4 is 65.7 Å². The first-order valence-electron chi connectivity index (χ1n) is 27.3. The molecule has 4 aromatic heterocycles. The molecular formula is C75H46N4O2. The van der Waals surface area contributed by atoms with Gasteiger partial charge in [0.05, 0.1) is 16.7 Å². The lowest BCUT2D eigenvalue weighted by molar-refractivity contribution is 0.669. The molecule has 16 rings (SSSR count). The Kier molecular flexibility index (Phi) is 10.8. The third kappa shape index (κ3) is 7.91. The highest BCUT2D eigenvalue weighted by molar-refractivity contribution is 6.15. The van der Waals surface area contributed by atoms with E-state index in [1.807, 2.05) is 42.5 Å². The van der Waals surface area contributed by atoms with Gasteiger partial charge >= 0.3 is 0 Å². The molecule has 0 aliphatic rings. The van der Waals surface area contributed by atoms with E-state index in [0.717, 1.165) is 138 Å². The average molecular weight is 1040 g/mol. The van der Waals surface area contributed by atoms with Crippen LogP contribution in [0.1, 0.15) is 0 Å². The minimum Gasteiger partial charge on any atom is -0.456 e. The highest BCUT2D eigenvalue weighted by Gasteiger charge is 2.22. The molecule has 0 aliphatic heterocycles. The lowest BCUT2D eigenvalue weighted by Gasteiger charge is -2.14. The lowest BCUT2D eigenvalue weighted by Crippen LogP contribution is -2.00. The molecule has 0 N–H and O–H groups in total. The number of rotatable bonds is 9. The Hall–Kier alpha value is -11.0. The molecule has 4 heterocycles. The molecule has 0 saturated heterocycles. The van der Waals surface area contributed by atoms with Crippen LogP contribution in [0.15, 0.2) is 288 Å². The van der Waals surface area contributed by atoms with Crippen molar-refractivity contribution in [2.45, 2.75) is 0 Å². The van der Waals surface area contributed by atoms with Crippen LogP contribution < -0.4 is 0 Å². The van der Waals surface area contributed by atoms with Crippen molar-refractivity contribution in [2.24, 2.45) is 0 Å². The highest BCUT2D eigenvalue weighted by Crippen LogP contribution is 2.44. The van der Waals surface area contributed by atoms with Crippen LogP contribution in [0.4, 0.5) is 0 Å². The molecule has 12 aromatic carbocycles. The number of furan rings is 2. The van der Waals surface area contributed by atoms with Gasteiger partial charge in [-0.25, -0.2) is 15.0 Å². The van der Waals surface area contributed by atoms with E-state index >= 15 is 0 Å². The fraction of sp³-hybridized carbons (Fsp3) is 0. The van der Waals surface area contributed by atoms with Crippen molar-refractivity contribution in [1.82, 2.24) is 19.5 Å². The summed E-state index contributed by atoms with van der Waals surface area (Å²) in [5.41, 5.74) is 20.4. The number of hydrogen-bond acceptors (Lipinski definition) is 5. The highest BCUT2D eigenvalue weighted by atomic mass is 16.3. The van der Waals surface area contributed by atoms with Gasteiger partial charge in [0.25, 0.3) is 0 Å². The Balaban J connectivity index is 0.818. The number of fused-ring (bicyclic) bond motifs is 9. The maximum absolute atomic E-state index is 6.67. The van der Waals surface area contributed by atoms with E-state index in [0.29, 0.717) is 17.5 Å². The van der Waals surface area contributed by atoms with Crippen LogP contribution in [-0.2, 0) is 0 Å². The van der Waals surface area contributed by atoms with Gasteiger partial charge in [-0.1, -0.05) is 206 Å². The van der Waals surface area contributed by atoms with Gasteiger partial charge in [0.15, 0.2) is 17.5 Å². The number of hydrogen-bond donors (Lipinski definition) is 0. The maximum atomic E-state index is 6.67. The third-order valence-corrected chi connectivity index (χ3v) is 15.9. The summed E-state index contributed by atoms with van der Waals surface area (Å²) in [5, 5.41) is 6.48. The normalized spacial score (nSPS) is 11.7. The van der Waals surface area contributed by atoms with Gasteiger partial charge in [-0.15, -0.1) is 0 Å². The first-order valence-corrected chi connectivity index (χ1v) is 27.3. The van der Waals surface area contributed by atoms with Crippen molar-refractivity contribution in [3.63, 3.8) is 0 Å². The third-order valence-electron chi connectivity index (χ3n) is 15.9. The second-order valence-electron chi connectivity index (χ2n) is 20.7. The zero-order valence-electron chi connectivity index (χ0n) is 43.7. The Labute approximate surface area is 466 Å². The topological polar surface area (TPSA) is 69.9 Å². The minimum absolute atomic E-state index is 0.562. The molecule has 0 amide bonds. The summed E-state index contributed by atoms with van der Waals surface area (Å²) in [5.74, 6) is 1.73. The maximum Gasteiger partial charge on any atom is 0.164 e. The molecule has 81 heavy (non-hydrogen) atoms. The van der Waals surface area contributed by atoms with E-state index < -0.39 is 0 Å². The van der Waals surface area contributed by atoms with Gasteiger partial charge in [-0.3, -0.25) is 0 Å². The molecule has 0 fully saturated rings. The quantitative estimate of drug-likeness (QED) is 0.144. The second-order valence-corrected chi connectivity index (χ2v) is 20.7. The van der Waals surface area contributed by atoms with Gasteiger partial charge in [0, 0.05) is 60.1 Å². The fourth-order valence-corrected chi connectivity index (χ4v) is 12.0. The standard InChI is InChI=1S/C75H46N4O2/c1-4-19-47(20-5-1)54-42-55(48-21-6-2-7-22-48)44-56(43-54)50-25-16-26-53(41-50)74-76-73(49-23-8-3-9-24-49)77-75(78-74)62-32-18-36-70-71(62)64-46-52(38-40-69(64)80-70)51-37-39-67-63(45-51)58-28-11-14-34-66(58)79(67)65-33-13-10-27-57(65)60-30-17-31-61-59-29-12-15-35-68(59)81-72(60)61/h1-46H. The smallest absolute Gasteiger partial charge is 0.164 e. The molecule has 16 aromatic rings. The predicted octanol–water partition coefficient (Wildman–Crippen LogP) is 20.1. The van der Waals surface area contributed by atoms with E-state index in [-0.39, 0.29) is 0 Å². The van der Waals surface area contributed by atoms with Crippen LogP contribution in [0.3, 0.4) is 0 Å². The molecule has 0 spiro atoms. The summed E-state index contributed by atoms with van der Waals surface area (Å²) in [4.78, 5) is 15.8. The summed E-state index contributed by atoms with van der Waals surface area (Å²) in [7, 11) is 0. The Morgan fingerprint density at radius 3 is 1.51 bits per heavy atom. The molecule has 0 unspecified atom stereocenters. The fourth-order valence-electron chi connectivity index (χ4n) is 12.0. The summed E-state index contributed by atoms with van der Waals surface area (Å²) < 4.78 is 15.7. The molecule has 0 atom stereocenters. The number of para-hydroxylation sites is 4. The van der Waals surface area contributed by atoms with Crippen LogP contribution in [0, 0.1) is 0 Å². The van der Waals surface area contributed by atoms with Crippen LogP contribution in [0.2, 0.25) is 0 Å². The summed E-state index contributed by atoms with van der Waals surface area (Å²) >= 11 is 0. The number of aromatic nitrogens is 4. The average Bonchev–Trinajstić information content (AvgIpc) is 4.45. The molecular weight excluding hydrogens is 989 g/mol. The Bertz CT molecular complexity index is 5060. The van der Waals surface area contributed by atoms with Crippen molar-refractivity contribution in [3.05, 3.63) is 279 Å². The summed E-state index contributed by atoms with van der Waals surface area (Å²) in [6, 6.07) is 98.3. The molecule has 0 saturated carbocycles. The van der Waals surface area contributed by atoms with Gasteiger partial charge in [-0.05, 0) is 117 Å². The lowest BCUT2D eigenvalue weighted by atomic mass is 9.93. The van der Waals surface area contributed by atoms with Crippen LogP contribution in [0.25, 0.3) is 161 Å². The van der Waals surface area contributed by atoms with Crippen LogP contribution >= 0.6 is 0 Å². The summed E-state index contributed by atoms with van der Waals surface area (Å²) in [6.07, 6.45) is 0. The number of benzene rings is 12. The Morgan fingerprint density at radius 1 is 0.247 bits per heavy atom. The van der Waals surface area contributed by atoms with Gasteiger partial charge in [0.1, 0.15) is 22.3 Å². The minimum atomic E-state index is 0.562. The zero-order chi connectivity index (χ0) is 53.4. The summed E-state index contributed by atoms with van der Waals surface area (Å²) in [6.45, 7) is 0. The monoisotopic (exact) mass is 1030 g/mol. The first kappa shape index (κ1) is 46.2. The van der Waals surface area contributed by atoms with Gasteiger partial charge in [0.2, 0.25) is 0 Å². The van der Waals surface area contributed by atoms with Crippen molar-refractivity contribution in [3.8, 4) is 95.5 Å². The molecule has 0 bridgehead atoms. The zero-order valence-corrected chi connectivity index (χ0v) is 43.7. The molecule has 6 nitrogen and oxygen atoms in total. The molecule has 0 radical (unpaired) electrons. The Morgan fingerprint density at radius 2 is 0.728 bits per heavy atom. The SMILES string of the molecule is c1ccc(-c2cc(-c3ccccc3)cc(-c3cccc(-c4nc(-c5ccccc5)nc(-c5cccc6oc7ccc(-c8ccc9c(c8)c8ccccc8n9-c8ccccc8-c8cccc9c8oc8ccccc89)cc7c56)n4)c3)c2)cc1. The molecule has 0 aliphatic carbocycles. The van der Waals surface area contributed by atoms with Gasteiger partial charge < -0.3 is 13.4 Å². The second kappa shape index (κ2) is 18.9. The van der Waals surface area contributed by atoms with Crippen LogP contribution in [-0.4, -0.2) is 19.5 Å². The largest absolute Gasteiger partial charge is 0.456 e. The van der Waals surface area contributed by atoms with E-state index in [1.54, 1.807) is 0 Å². The van der Waals surface area contributed by atoms with Gasteiger partial charge in [-0.2, -0.15) is 0 Å². The van der Waals surface area contributed by atoms with E-state index in [2.05, 4.69) is 241 Å². The first-order chi connectivity index (χ1) is 40.1. The van der Waals surface area contributed by atoms with E-state index in [9.17, 15) is 0 Å². The molecule has 6 heteroatoms. The van der Waals surface area contributed by atoms with Crippen molar-refractivity contribution < 1.29 is 8.83 Å². The number of nitrogens with zero attached hydrogens (tertiary/aromatic N) is 4. The molecule has 378 valence electrons. The van der Waals surface area contributed by atoms with E-state index in [1.165, 1.54) is 5.39 Å². The van der Waals surface area contributed by atoms with Crippen molar-refractivity contribution in [1.29, 1.82) is 0 Å². The predicted molar refractivity (Wildman–Crippen MR) is 332 cm³/mol. The van der Waals surface area contributed by atoms with Crippen LogP contribution in [0.5, 0.6) is 0 Å². The van der Waals surface area contributed by atoms with Crippen molar-refractivity contribution in [2.75, 3.05) is 0 Å². The van der Waals surface area contributed by atoms with E-state index in [4.69, 9.17) is 23.8 Å².